The number of thiophene rings is 1. The number of rotatable bonds is 6. The molecule has 3 heteroatoms. The lowest BCUT2D eigenvalue weighted by Gasteiger charge is -2.16. The Morgan fingerprint density at radius 2 is 2.27 bits per heavy atom. The molecule has 0 aliphatic heterocycles. The van der Waals surface area contributed by atoms with Crippen LogP contribution >= 0.6 is 23.1 Å². The van der Waals surface area contributed by atoms with Crippen molar-refractivity contribution < 1.29 is 0 Å². The fraction of sp³-hybridized carbons (Fsp3) is 0.667. The minimum Gasteiger partial charge on any atom is -0.312 e. The molecule has 0 aromatic carbocycles. The lowest BCUT2D eigenvalue weighted by atomic mass is 10.2. The van der Waals surface area contributed by atoms with Crippen LogP contribution in [0, 0.1) is 6.92 Å². The zero-order chi connectivity index (χ0) is 11.3. The zero-order valence-corrected chi connectivity index (χ0v) is 11.7. The van der Waals surface area contributed by atoms with Crippen LogP contribution in [-0.2, 0) is 0 Å². The molecule has 15 heavy (non-hydrogen) atoms. The minimum absolute atomic E-state index is 0.508. The van der Waals surface area contributed by atoms with E-state index in [1.54, 1.807) is 0 Å². The molecule has 0 aliphatic rings. The van der Waals surface area contributed by atoms with E-state index >= 15 is 0 Å². The first-order valence-corrected chi connectivity index (χ1v) is 7.44. The summed E-state index contributed by atoms with van der Waals surface area (Å²) in [4.78, 5) is 1.40. The van der Waals surface area contributed by atoms with Crippen LogP contribution in [0.15, 0.2) is 11.4 Å². The monoisotopic (exact) mass is 243 g/mol. The number of hydrogen-bond acceptors (Lipinski definition) is 3. The third-order valence-electron chi connectivity index (χ3n) is 2.62. The maximum Gasteiger partial charge on any atom is 0.0417 e. The summed E-state index contributed by atoms with van der Waals surface area (Å²) in [5.41, 5.74) is 1.44. The largest absolute Gasteiger partial charge is 0.312 e. The van der Waals surface area contributed by atoms with Crippen molar-refractivity contribution in [1.82, 2.24) is 5.32 Å². The smallest absolute Gasteiger partial charge is 0.0417 e. The molecule has 0 amide bonds. The normalized spacial score (nSPS) is 15.2. The molecule has 0 saturated heterocycles. The van der Waals surface area contributed by atoms with Crippen molar-refractivity contribution in [3.8, 4) is 0 Å². The Balaban J connectivity index is 2.49. The van der Waals surface area contributed by atoms with Crippen LogP contribution in [0.5, 0.6) is 0 Å². The van der Waals surface area contributed by atoms with E-state index in [2.05, 4.69) is 56.3 Å². The van der Waals surface area contributed by atoms with Gasteiger partial charge in [-0.15, -0.1) is 11.3 Å². The highest BCUT2D eigenvalue weighted by atomic mass is 32.2. The molecule has 0 saturated carbocycles. The molecule has 0 radical (unpaired) electrons. The van der Waals surface area contributed by atoms with Crippen molar-refractivity contribution in [2.24, 2.45) is 0 Å². The van der Waals surface area contributed by atoms with E-state index in [-0.39, 0.29) is 0 Å². The van der Waals surface area contributed by atoms with E-state index in [1.165, 1.54) is 22.6 Å². The summed E-state index contributed by atoms with van der Waals surface area (Å²) < 4.78 is 0. The van der Waals surface area contributed by atoms with Gasteiger partial charge in [-0.05, 0) is 37.4 Å². The Hall–Kier alpha value is 0.0100. The van der Waals surface area contributed by atoms with Gasteiger partial charge in [0.2, 0.25) is 0 Å². The summed E-state index contributed by atoms with van der Waals surface area (Å²) in [6.45, 7) is 6.72. The Labute approximate surface area is 102 Å². The summed E-state index contributed by atoms with van der Waals surface area (Å²) in [5.74, 6) is 1.17. The van der Waals surface area contributed by atoms with Gasteiger partial charge in [0.05, 0.1) is 0 Å². The molecular weight excluding hydrogens is 222 g/mol. The van der Waals surface area contributed by atoms with Crippen LogP contribution < -0.4 is 5.32 Å². The zero-order valence-electron chi connectivity index (χ0n) is 10.0. The molecule has 0 aliphatic carbocycles. The average molecular weight is 243 g/mol. The van der Waals surface area contributed by atoms with Gasteiger partial charge in [-0.25, -0.2) is 0 Å². The molecule has 0 bridgehead atoms. The van der Waals surface area contributed by atoms with Crippen molar-refractivity contribution >= 4 is 23.1 Å². The number of thioether (sulfide) groups is 1. The van der Waals surface area contributed by atoms with Gasteiger partial charge in [0, 0.05) is 21.9 Å². The van der Waals surface area contributed by atoms with Gasteiger partial charge in [0.25, 0.3) is 0 Å². The van der Waals surface area contributed by atoms with Crippen molar-refractivity contribution in [1.29, 1.82) is 0 Å². The third-order valence-corrected chi connectivity index (χ3v) is 4.93. The molecule has 1 N–H and O–H groups in total. The minimum atomic E-state index is 0.508. The lowest BCUT2D eigenvalue weighted by Crippen LogP contribution is -2.19. The molecule has 2 atom stereocenters. The van der Waals surface area contributed by atoms with E-state index in [0.717, 1.165) is 5.25 Å². The van der Waals surface area contributed by atoms with Crippen LogP contribution in [-0.4, -0.2) is 18.1 Å². The molecule has 0 spiro atoms. The first-order chi connectivity index (χ1) is 7.17. The summed E-state index contributed by atoms with van der Waals surface area (Å²) in [6.07, 6.45) is 1.25. The van der Waals surface area contributed by atoms with E-state index in [1.807, 2.05) is 11.3 Å². The maximum absolute atomic E-state index is 3.40. The molecule has 2 unspecified atom stereocenters. The van der Waals surface area contributed by atoms with Crippen molar-refractivity contribution in [2.75, 3.05) is 12.8 Å². The summed E-state index contributed by atoms with van der Waals surface area (Å²) in [6, 6.07) is 2.80. The van der Waals surface area contributed by atoms with E-state index in [0.29, 0.717) is 6.04 Å². The van der Waals surface area contributed by atoms with Crippen LogP contribution in [0.3, 0.4) is 0 Å². The number of aryl methyl sites for hydroxylation is 1. The molecule has 0 fully saturated rings. The second-order valence-electron chi connectivity index (χ2n) is 3.88. The summed E-state index contributed by atoms with van der Waals surface area (Å²) in [7, 11) is 2.05. The van der Waals surface area contributed by atoms with Crippen molar-refractivity contribution in [2.45, 2.75) is 38.5 Å². The first kappa shape index (κ1) is 13.1. The standard InChI is InChI=1S/C12H21NS2/c1-5-9(2)15-8-12(13-4)11-6-10(3)14-7-11/h6-7,9,12-13H,5,8H2,1-4H3. The Morgan fingerprint density at radius 3 is 2.73 bits per heavy atom. The molecule has 1 aromatic rings. The molecule has 1 aromatic heterocycles. The van der Waals surface area contributed by atoms with Crippen molar-refractivity contribution in [3.05, 3.63) is 21.9 Å². The quantitative estimate of drug-likeness (QED) is 0.814. The second kappa shape index (κ2) is 6.56. The van der Waals surface area contributed by atoms with E-state index in [9.17, 15) is 0 Å². The topological polar surface area (TPSA) is 12.0 Å². The predicted molar refractivity (Wildman–Crippen MR) is 73.1 cm³/mol. The third kappa shape index (κ3) is 4.17. The highest BCUT2D eigenvalue weighted by Crippen LogP contribution is 2.25. The van der Waals surface area contributed by atoms with Crippen LogP contribution in [0.25, 0.3) is 0 Å². The maximum atomic E-state index is 3.40. The van der Waals surface area contributed by atoms with Crippen molar-refractivity contribution in [3.63, 3.8) is 0 Å². The fourth-order valence-electron chi connectivity index (χ4n) is 1.37. The molecule has 1 heterocycles. The number of hydrogen-bond donors (Lipinski definition) is 1. The first-order valence-electron chi connectivity index (χ1n) is 5.51. The van der Waals surface area contributed by atoms with Gasteiger partial charge in [-0.1, -0.05) is 13.8 Å². The fourth-order valence-corrected chi connectivity index (χ4v) is 3.25. The van der Waals surface area contributed by atoms with E-state index < -0.39 is 0 Å². The molecule has 1 rings (SSSR count). The van der Waals surface area contributed by atoms with Gasteiger partial charge in [0.15, 0.2) is 0 Å². The van der Waals surface area contributed by atoms with Crippen LogP contribution in [0.2, 0.25) is 0 Å². The van der Waals surface area contributed by atoms with Gasteiger partial charge < -0.3 is 5.32 Å². The molecule has 1 nitrogen and oxygen atoms in total. The van der Waals surface area contributed by atoms with Crippen LogP contribution in [0.1, 0.15) is 36.8 Å². The summed E-state index contributed by atoms with van der Waals surface area (Å²) in [5, 5.41) is 6.43. The van der Waals surface area contributed by atoms with E-state index in [4.69, 9.17) is 0 Å². The SMILES string of the molecule is CCC(C)SCC(NC)c1csc(C)c1. The predicted octanol–water partition coefficient (Wildman–Crippen LogP) is 3.85. The lowest BCUT2D eigenvalue weighted by molar-refractivity contribution is 0.662. The Morgan fingerprint density at radius 1 is 1.53 bits per heavy atom. The highest BCUT2D eigenvalue weighted by molar-refractivity contribution is 7.99. The van der Waals surface area contributed by atoms with Gasteiger partial charge >= 0.3 is 0 Å². The molecular formula is C12H21NS2. The Bertz CT molecular complexity index is 283. The molecule has 86 valence electrons. The highest BCUT2D eigenvalue weighted by Gasteiger charge is 2.12. The van der Waals surface area contributed by atoms with Gasteiger partial charge in [0.1, 0.15) is 0 Å². The Kier molecular flexibility index (Phi) is 5.72. The van der Waals surface area contributed by atoms with Gasteiger partial charge in [-0.2, -0.15) is 11.8 Å². The number of nitrogens with one attached hydrogen (secondary N) is 1. The van der Waals surface area contributed by atoms with Crippen LogP contribution in [0.4, 0.5) is 0 Å². The van der Waals surface area contributed by atoms with Gasteiger partial charge in [-0.3, -0.25) is 0 Å². The second-order valence-corrected chi connectivity index (χ2v) is 6.47. The summed E-state index contributed by atoms with van der Waals surface area (Å²) >= 11 is 3.89. The average Bonchev–Trinajstić information content (AvgIpc) is 2.65.